The van der Waals surface area contributed by atoms with Crippen LogP contribution in [-0.4, -0.2) is 33.9 Å². The number of hydrogen-bond donors (Lipinski definition) is 1. The highest BCUT2D eigenvalue weighted by molar-refractivity contribution is 5.94. The molecule has 0 aromatic carbocycles. The Kier molecular flexibility index (Phi) is 6.54. The van der Waals surface area contributed by atoms with Crippen molar-refractivity contribution in [3.8, 4) is 0 Å². The number of pyridine rings is 2. The van der Waals surface area contributed by atoms with Crippen molar-refractivity contribution in [2.75, 3.05) is 18.4 Å². The summed E-state index contributed by atoms with van der Waals surface area (Å²) in [6.45, 7) is 6.37. The molecule has 0 saturated carbocycles. The minimum absolute atomic E-state index is 0.0699. The SMILES string of the molecule is CCCN(CCC)C(=O)c1ccnc(NCc2cccnc2)c1. The van der Waals surface area contributed by atoms with Gasteiger partial charge in [-0.1, -0.05) is 19.9 Å². The van der Waals surface area contributed by atoms with Crippen LogP contribution in [0.3, 0.4) is 0 Å². The Balaban J connectivity index is 2.04. The summed E-state index contributed by atoms with van der Waals surface area (Å²) in [4.78, 5) is 22.9. The van der Waals surface area contributed by atoms with Gasteiger partial charge in [0.15, 0.2) is 0 Å². The van der Waals surface area contributed by atoms with Crippen LogP contribution in [0.5, 0.6) is 0 Å². The smallest absolute Gasteiger partial charge is 0.254 e. The first kappa shape index (κ1) is 16.9. The van der Waals surface area contributed by atoms with Gasteiger partial charge >= 0.3 is 0 Å². The minimum Gasteiger partial charge on any atom is -0.366 e. The van der Waals surface area contributed by atoms with E-state index in [1.165, 1.54) is 0 Å². The van der Waals surface area contributed by atoms with E-state index >= 15 is 0 Å². The molecule has 2 aromatic heterocycles. The highest BCUT2D eigenvalue weighted by Crippen LogP contribution is 2.12. The van der Waals surface area contributed by atoms with Crippen LogP contribution in [0.1, 0.15) is 42.6 Å². The van der Waals surface area contributed by atoms with Gasteiger partial charge in [0.1, 0.15) is 5.82 Å². The number of amides is 1. The molecule has 0 aliphatic carbocycles. The molecule has 0 unspecified atom stereocenters. The molecule has 1 amide bonds. The highest BCUT2D eigenvalue weighted by atomic mass is 16.2. The molecule has 0 bridgehead atoms. The normalized spacial score (nSPS) is 10.3. The number of aromatic nitrogens is 2. The van der Waals surface area contributed by atoms with E-state index in [1.807, 2.05) is 29.3 Å². The van der Waals surface area contributed by atoms with Crippen molar-refractivity contribution in [2.24, 2.45) is 0 Å². The molecule has 0 saturated heterocycles. The van der Waals surface area contributed by atoms with E-state index in [0.717, 1.165) is 31.5 Å². The molecule has 5 nitrogen and oxygen atoms in total. The predicted molar refractivity (Wildman–Crippen MR) is 92.3 cm³/mol. The van der Waals surface area contributed by atoms with E-state index in [-0.39, 0.29) is 5.91 Å². The number of hydrogen-bond acceptors (Lipinski definition) is 4. The van der Waals surface area contributed by atoms with Crippen LogP contribution in [0.15, 0.2) is 42.9 Å². The van der Waals surface area contributed by atoms with Crippen molar-refractivity contribution < 1.29 is 4.79 Å². The Bertz CT molecular complexity index is 609. The van der Waals surface area contributed by atoms with Crippen molar-refractivity contribution in [1.82, 2.24) is 14.9 Å². The van der Waals surface area contributed by atoms with Crippen molar-refractivity contribution in [3.63, 3.8) is 0 Å². The molecular formula is C18H24N4O. The lowest BCUT2D eigenvalue weighted by atomic mass is 10.2. The third-order valence-corrected chi connectivity index (χ3v) is 3.48. The third-order valence-electron chi connectivity index (χ3n) is 3.48. The second-order valence-corrected chi connectivity index (χ2v) is 5.44. The minimum atomic E-state index is 0.0699. The van der Waals surface area contributed by atoms with Gasteiger partial charge in [0.05, 0.1) is 0 Å². The Hall–Kier alpha value is -2.43. The number of rotatable bonds is 8. The Morgan fingerprint density at radius 2 is 1.96 bits per heavy atom. The summed E-state index contributed by atoms with van der Waals surface area (Å²) in [5.41, 5.74) is 1.75. The predicted octanol–water partition coefficient (Wildman–Crippen LogP) is 3.35. The van der Waals surface area contributed by atoms with Crippen LogP contribution in [0.4, 0.5) is 5.82 Å². The molecule has 23 heavy (non-hydrogen) atoms. The molecule has 0 aliphatic rings. The molecule has 0 aliphatic heterocycles. The quantitative estimate of drug-likeness (QED) is 0.812. The average Bonchev–Trinajstić information content (AvgIpc) is 2.60. The van der Waals surface area contributed by atoms with Gasteiger partial charge in [-0.3, -0.25) is 9.78 Å². The molecular weight excluding hydrogens is 288 g/mol. The number of carbonyl (C=O) groups is 1. The Morgan fingerprint density at radius 3 is 2.61 bits per heavy atom. The molecule has 0 atom stereocenters. The van der Waals surface area contributed by atoms with Crippen molar-refractivity contribution in [2.45, 2.75) is 33.2 Å². The fourth-order valence-corrected chi connectivity index (χ4v) is 2.39. The summed E-state index contributed by atoms with van der Waals surface area (Å²) in [5, 5.41) is 3.24. The average molecular weight is 312 g/mol. The standard InChI is InChI=1S/C18H24N4O/c1-3-10-22(11-4-2)18(23)16-7-9-20-17(12-16)21-14-15-6-5-8-19-13-15/h5-9,12-13H,3-4,10-11,14H2,1-2H3,(H,20,21). The van der Waals surface area contributed by atoms with Gasteiger partial charge in [0, 0.05) is 43.8 Å². The monoisotopic (exact) mass is 312 g/mol. The summed E-state index contributed by atoms with van der Waals surface area (Å²) in [6, 6.07) is 7.49. The van der Waals surface area contributed by atoms with Crippen molar-refractivity contribution >= 4 is 11.7 Å². The van der Waals surface area contributed by atoms with Gasteiger partial charge in [-0.15, -0.1) is 0 Å². The maximum Gasteiger partial charge on any atom is 0.254 e. The summed E-state index contributed by atoms with van der Waals surface area (Å²) in [6.07, 6.45) is 7.16. The van der Waals surface area contributed by atoms with E-state index in [2.05, 4.69) is 29.1 Å². The van der Waals surface area contributed by atoms with E-state index in [4.69, 9.17) is 0 Å². The molecule has 2 rings (SSSR count). The lowest BCUT2D eigenvalue weighted by Crippen LogP contribution is -2.32. The zero-order valence-electron chi connectivity index (χ0n) is 13.8. The van der Waals surface area contributed by atoms with Gasteiger partial charge in [0.2, 0.25) is 0 Å². The number of nitrogens with zero attached hydrogens (tertiary/aromatic N) is 3. The fourth-order valence-electron chi connectivity index (χ4n) is 2.39. The second kappa shape index (κ2) is 8.88. The van der Waals surface area contributed by atoms with E-state index < -0.39 is 0 Å². The third kappa shape index (κ3) is 5.06. The zero-order valence-corrected chi connectivity index (χ0v) is 13.8. The number of carbonyl (C=O) groups excluding carboxylic acids is 1. The zero-order chi connectivity index (χ0) is 16.5. The van der Waals surface area contributed by atoms with Crippen LogP contribution in [0, 0.1) is 0 Å². The molecule has 122 valence electrons. The molecule has 5 heteroatoms. The van der Waals surface area contributed by atoms with Gasteiger partial charge in [-0.25, -0.2) is 4.98 Å². The molecule has 0 radical (unpaired) electrons. The number of anilines is 1. The van der Waals surface area contributed by atoms with Crippen molar-refractivity contribution in [3.05, 3.63) is 54.0 Å². The first-order chi connectivity index (χ1) is 11.2. The first-order valence-corrected chi connectivity index (χ1v) is 8.12. The first-order valence-electron chi connectivity index (χ1n) is 8.12. The number of nitrogens with one attached hydrogen (secondary N) is 1. The van der Waals surface area contributed by atoms with Gasteiger partial charge in [-0.2, -0.15) is 0 Å². The van der Waals surface area contributed by atoms with Crippen molar-refractivity contribution in [1.29, 1.82) is 0 Å². The molecule has 1 N–H and O–H groups in total. The molecule has 0 fully saturated rings. The molecule has 0 spiro atoms. The van der Waals surface area contributed by atoms with E-state index in [1.54, 1.807) is 18.5 Å². The largest absolute Gasteiger partial charge is 0.366 e. The van der Waals surface area contributed by atoms with Crippen LogP contribution >= 0.6 is 0 Å². The van der Waals surface area contributed by atoms with Gasteiger partial charge in [0.25, 0.3) is 5.91 Å². The van der Waals surface area contributed by atoms with Crippen LogP contribution < -0.4 is 5.32 Å². The van der Waals surface area contributed by atoms with E-state index in [9.17, 15) is 4.79 Å². The molecule has 2 heterocycles. The van der Waals surface area contributed by atoms with Gasteiger partial charge in [-0.05, 0) is 36.6 Å². The maximum absolute atomic E-state index is 12.6. The highest BCUT2D eigenvalue weighted by Gasteiger charge is 2.14. The Morgan fingerprint density at radius 1 is 1.17 bits per heavy atom. The summed E-state index contributed by atoms with van der Waals surface area (Å²) in [7, 11) is 0. The fraction of sp³-hybridized carbons (Fsp3) is 0.389. The molecule has 2 aromatic rings. The van der Waals surface area contributed by atoms with E-state index in [0.29, 0.717) is 17.9 Å². The summed E-state index contributed by atoms with van der Waals surface area (Å²) >= 11 is 0. The van der Waals surface area contributed by atoms with Gasteiger partial charge < -0.3 is 10.2 Å². The second-order valence-electron chi connectivity index (χ2n) is 5.44. The summed E-state index contributed by atoms with van der Waals surface area (Å²) < 4.78 is 0. The van der Waals surface area contributed by atoms with Crippen LogP contribution in [-0.2, 0) is 6.54 Å². The topological polar surface area (TPSA) is 58.1 Å². The van der Waals surface area contributed by atoms with Crippen LogP contribution in [0.25, 0.3) is 0 Å². The lowest BCUT2D eigenvalue weighted by molar-refractivity contribution is 0.0755. The lowest BCUT2D eigenvalue weighted by Gasteiger charge is -2.21. The summed E-state index contributed by atoms with van der Waals surface area (Å²) in [5.74, 6) is 0.771. The Labute approximate surface area is 137 Å². The van der Waals surface area contributed by atoms with Crippen LogP contribution in [0.2, 0.25) is 0 Å². The maximum atomic E-state index is 12.6.